The van der Waals surface area contributed by atoms with E-state index in [1.807, 2.05) is 10.3 Å². The summed E-state index contributed by atoms with van der Waals surface area (Å²) in [6.07, 6.45) is 2.02. The SMILES string of the molecule is Nc1cccc(C(=O)N2CCCC2c2ccsc2)c1Cl. The van der Waals surface area contributed by atoms with E-state index in [0.717, 1.165) is 19.4 Å². The average Bonchev–Trinajstić information content (AvgIpc) is 3.10. The van der Waals surface area contributed by atoms with E-state index < -0.39 is 0 Å². The Labute approximate surface area is 127 Å². The summed E-state index contributed by atoms with van der Waals surface area (Å²) in [5, 5.41) is 4.51. The van der Waals surface area contributed by atoms with Gasteiger partial charge in [0.25, 0.3) is 5.91 Å². The topological polar surface area (TPSA) is 46.3 Å². The third-order valence-electron chi connectivity index (χ3n) is 3.70. The van der Waals surface area contributed by atoms with Crippen LogP contribution in [-0.2, 0) is 0 Å². The zero-order valence-corrected chi connectivity index (χ0v) is 12.5. The van der Waals surface area contributed by atoms with Crippen molar-refractivity contribution in [2.45, 2.75) is 18.9 Å². The van der Waals surface area contributed by atoms with Crippen LogP contribution in [0.1, 0.15) is 34.8 Å². The molecule has 2 heterocycles. The minimum absolute atomic E-state index is 0.0315. The smallest absolute Gasteiger partial charge is 0.255 e. The van der Waals surface area contributed by atoms with Crippen molar-refractivity contribution in [3.63, 3.8) is 0 Å². The highest BCUT2D eigenvalue weighted by atomic mass is 35.5. The fourth-order valence-electron chi connectivity index (χ4n) is 2.69. The van der Waals surface area contributed by atoms with Gasteiger partial charge in [-0.05, 0) is 47.4 Å². The predicted molar refractivity (Wildman–Crippen MR) is 83.2 cm³/mol. The predicted octanol–water partition coefficient (Wildman–Crippen LogP) is 3.96. The minimum Gasteiger partial charge on any atom is -0.398 e. The summed E-state index contributed by atoms with van der Waals surface area (Å²) in [5.74, 6) is -0.0315. The molecule has 3 rings (SSSR count). The summed E-state index contributed by atoms with van der Waals surface area (Å²) in [6.45, 7) is 0.768. The first-order valence-electron chi connectivity index (χ1n) is 6.55. The molecule has 1 unspecified atom stereocenters. The van der Waals surface area contributed by atoms with E-state index in [9.17, 15) is 4.79 Å². The van der Waals surface area contributed by atoms with Gasteiger partial charge in [0.15, 0.2) is 0 Å². The number of nitrogen functional groups attached to an aromatic ring is 1. The molecule has 1 atom stereocenters. The number of anilines is 1. The maximum Gasteiger partial charge on any atom is 0.255 e. The quantitative estimate of drug-likeness (QED) is 0.854. The van der Waals surface area contributed by atoms with Gasteiger partial charge in [-0.2, -0.15) is 11.3 Å². The van der Waals surface area contributed by atoms with Gasteiger partial charge < -0.3 is 10.6 Å². The lowest BCUT2D eigenvalue weighted by atomic mass is 10.1. The Morgan fingerprint density at radius 3 is 3.00 bits per heavy atom. The monoisotopic (exact) mass is 306 g/mol. The molecule has 3 nitrogen and oxygen atoms in total. The molecule has 5 heteroatoms. The van der Waals surface area contributed by atoms with Gasteiger partial charge in [-0.3, -0.25) is 4.79 Å². The van der Waals surface area contributed by atoms with E-state index in [2.05, 4.69) is 11.4 Å². The maximum absolute atomic E-state index is 12.7. The Hall–Kier alpha value is -1.52. The molecule has 0 spiro atoms. The molecule has 20 heavy (non-hydrogen) atoms. The highest BCUT2D eigenvalue weighted by Gasteiger charge is 2.31. The van der Waals surface area contributed by atoms with Crippen molar-refractivity contribution in [1.82, 2.24) is 4.90 Å². The fraction of sp³-hybridized carbons (Fsp3) is 0.267. The number of likely N-dealkylation sites (tertiary alicyclic amines) is 1. The highest BCUT2D eigenvalue weighted by Crippen LogP contribution is 2.35. The lowest BCUT2D eigenvalue weighted by Crippen LogP contribution is -2.30. The largest absolute Gasteiger partial charge is 0.398 e. The molecule has 0 aliphatic carbocycles. The third-order valence-corrected chi connectivity index (χ3v) is 4.82. The van der Waals surface area contributed by atoms with Gasteiger partial charge in [-0.25, -0.2) is 0 Å². The first-order chi connectivity index (χ1) is 9.68. The third kappa shape index (κ3) is 2.30. The maximum atomic E-state index is 12.7. The number of amides is 1. The number of carbonyl (C=O) groups excluding carboxylic acids is 1. The zero-order valence-electron chi connectivity index (χ0n) is 10.9. The highest BCUT2D eigenvalue weighted by molar-refractivity contribution is 7.08. The van der Waals surface area contributed by atoms with Crippen molar-refractivity contribution in [3.8, 4) is 0 Å². The number of nitrogens with zero attached hydrogens (tertiary/aromatic N) is 1. The fourth-order valence-corrected chi connectivity index (χ4v) is 3.60. The number of thiophene rings is 1. The first-order valence-corrected chi connectivity index (χ1v) is 7.87. The van der Waals surface area contributed by atoms with Crippen molar-refractivity contribution in [2.75, 3.05) is 12.3 Å². The van der Waals surface area contributed by atoms with Crippen LogP contribution in [0.25, 0.3) is 0 Å². The Morgan fingerprint density at radius 1 is 1.40 bits per heavy atom. The molecule has 1 amide bonds. The van der Waals surface area contributed by atoms with Crippen LogP contribution in [0.5, 0.6) is 0 Å². The van der Waals surface area contributed by atoms with Gasteiger partial charge in [0.05, 0.1) is 22.3 Å². The van der Waals surface area contributed by atoms with E-state index in [0.29, 0.717) is 16.3 Å². The van der Waals surface area contributed by atoms with Crippen LogP contribution >= 0.6 is 22.9 Å². The van der Waals surface area contributed by atoms with E-state index in [1.165, 1.54) is 5.56 Å². The van der Waals surface area contributed by atoms with Gasteiger partial charge in [0.1, 0.15) is 0 Å². The van der Waals surface area contributed by atoms with Crippen LogP contribution in [0, 0.1) is 0 Å². The molecule has 1 aromatic heterocycles. The van der Waals surface area contributed by atoms with Crippen molar-refractivity contribution in [2.24, 2.45) is 0 Å². The summed E-state index contributed by atoms with van der Waals surface area (Å²) >= 11 is 7.83. The van der Waals surface area contributed by atoms with Gasteiger partial charge in [0, 0.05) is 6.54 Å². The molecule has 1 saturated heterocycles. The summed E-state index contributed by atoms with van der Waals surface area (Å²) in [6, 6.07) is 7.46. The second kappa shape index (κ2) is 5.46. The molecule has 1 fully saturated rings. The van der Waals surface area contributed by atoms with Crippen LogP contribution in [0.2, 0.25) is 5.02 Å². The molecule has 0 bridgehead atoms. The summed E-state index contributed by atoms with van der Waals surface area (Å²) in [4.78, 5) is 14.6. The van der Waals surface area contributed by atoms with E-state index in [4.69, 9.17) is 17.3 Å². The molecule has 1 aromatic carbocycles. The zero-order chi connectivity index (χ0) is 14.1. The number of carbonyl (C=O) groups is 1. The molecule has 0 saturated carbocycles. The average molecular weight is 307 g/mol. The Kier molecular flexibility index (Phi) is 3.68. The van der Waals surface area contributed by atoms with Gasteiger partial charge in [-0.15, -0.1) is 0 Å². The Bertz CT molecular complexity index is 627. The van der Waals surface area contributed by atoms with Crippen molar-refractivity contribution >= 4 is 34.5 Å². The van der Waals surface area contributed by atoms with E-state index in [-0.39, 0.29) is 11.9 Å². The molecule has 2 aromatic rings. The second-order valence-electron chi connectivity index (χ2n) is 4.92. The summed E-state index contributed by atoms with van der Waals surface area (Å²) < 4.78 is 0. The van der Waals surface area contributed by atoms with Crippen molar-refractivity contribution in [3.05, 3.63) is 51.2 Å². The van der Waals surface area contributed by atoms with Crippen LogP contribution < -0.4 is 5.73 Å². The van der Waals surface area contributed by atoms with Crippen LogP contribution in [0.4, 0.5) is 5.69 Å². The molecule has 104 valence electrons. The molecule has 2 N–H and O–H groups in total. The Balaban J connectivity index is 1.92. The van der Waals surface area contributed by atoms with Gasteiger partial charge in [0.2, 0.25) is 0 Å². The van der Waals surface area contributed by atoms with E-state index >= 15 is 0 Å². The lowest BCUT2D eigenvalue weighted by molar-refractivity contribution is 0.0736. The van der Waals surface area contributed by atoms with Crippen LogP contribution in [0.3, 0.4) is 0 Å². The Morgan fingerprint density at radius 2 is 2.25 bits per heavy atom. The van der Waals surface area contributed by atoms with Crippen LogP contribution in [-0.4, -0.2) is 17.4 Å². The second-order valence-corrected chi connectivity index (χ2v) is 6.08. The van der Waals surface area contributed by atoms with Crippen molar-refractivity contribution < 1.29 is 4.79 Å². The number of hydrogen-bond donors (Lipinski definition) is 1. The standard InChI is InChI=1S/C15H15ClN2OS/c16-14-11(3-1-4-12(14)17)15(19)18-7-2-5-13(18)10-6-8-20-9-10/h1,3-4,6,8-9,13H,2,5,7,17H2. The number of benzene rings is 1. The van der Waals surface area contributed by atoms with E-state index in [1.54, 1.807) is 29.5 Å². The summed E-state index contributed by atoms with van der Waals surface area (Å²) in [7, 11) is 0. The molecular weight excluding hydrogens is 292 g/mol. The van der Waals surface area contributed by atoms with Gasteiger partial charge >= 0.3 is 0 Å². The molecule has 0 radical (unpaired) electrons. The lowest BCUT2D eigenvalue weighted by Gasteiger charge is -2.25. The van der Waals surface area contributed by atoms with Crippen molar-refractivity contribution in [1.29, 1.82) is 0 Å². The number of nitrogens with two attached hydrogens (primary N) is 1. The normalized spacial score (nSPS) is 18.4. The summed E-state index contributed by atoms with van der Waals surface area (Å²) in [5.41, 5.74) is 7.94. The number of hydrogen-bond acceptors (Lipinski definition) is 3. The number of rotatable bonds is 2. The molecular formula is C15H15ClN2OS. The first kappa shape index (κ1) is 13.5. The minimum atomic E-state index is -0.0315. The van der Waals surface area contributed by atoms with Gasteiger partial charge in [-0.1, -0.05) is 17.7 Å². The molecule has 1 aliphatic heterocycles. The van der Waals surface area contributed by atoms with Crippen LogP contribution in [0.15, 0.2) is 35.0 Å². The molecule has 1 aliphatic rings. The number of halogens is 1.